The summed E-state index contributed by atoms with van der Waals surface area (Å²) < 4.78 is 7.39. The second-order valence-electron chi connectivity index (χ2n) is 6.87. The number of thiophene rings is 1. The van der Waals surface area contributed by atoms with Crippen LogP contribution in [-0.2, 0) is 28.5 Å². The molecule has 0 unspecified atom stereocenters. The smallest absolute Gasteiger partial charge is 0.231 e. The van der Waals surface area contributed by atoms with Crippen molar-refractivity contribution >= 4 is 17.2 Å². The number of nitrogens with zero attached hydrogens (tertiary/aromatic N) is 2. The van der Waals surface area contributed by atoms with Crippen LogP contribution in [0.5, 0.6) is 0 Å². The molecule has 0 radical (unpaired) electrons. The maximum Gasteiger partial charge on any atom is 0.231 e. The van der Waals surface area contributed by atoms with E-state index < -0.39 is 5.41 Å². The maximum atomic E-state index is 13.2. The first-order valence-corrected chi connectivity index (χ1v) is 10.1. The molecule has 3 heterocycles. The highest BCUT2D eigenvalue weighted by Crippen LogP contribution is 2.35. The number of rotatable bonds is 5. The molecule has 1 saturated heterocycles. The monoisotopic (exact) mass is 381 g/mol. The number of carbonyl (C=O) groups excluding carboxylic acids is 1. The summed E-state index contributed by atoms with van der Waals surface area (Å²) in [6, 6.07) is 16.2. The van der Waals surface area contributed by atoms with E-state index >= 15 is 0 Å². The zero-order valence-corrected chi connectivity index (χ0v) is 16.2. The number of ether oxygens (including phenoxy) is 1. The Hall–Kier alpha value is -2.44. The van der Waals surface area contributed by atoms with Gasteiger partial charge in [-0.25, -0.2) is 0 Å². The molecular formula is C21H23N3O2S. The van der Waals surface area contributed by atoms with Crippen molar-refractivity contribution in [3.63, 3.8) is 0 Å². The number of aromatic nitrogens is 2. The highest BCUT2D eigenvalue weighted by molar-refractivity contribution is 7.13. The number of carbonyl (C=O) groups is 1. The van der Waals surface area contributed by atoms with Gasteiger partial charge in [-0.2, -0.15) is 5.10 Å². The maximum absolute atomic E-state index is 13.2. The second kappa shape index (κ2) is 7.66. The lowest BCUT2D eigenvalue weighted by Crippen LogP contribution is -2.47. The van der Waals surface area contributed by atoms with Gasteiger partial charge in [0.05, 0.1) is 28.2 Å². The van der Waals surface area contributed by atoms with Gasteiger partial charge in [0.2, 0.25) is 5.91 Å². The quantitative estimate of drug-likeness (QED) is 0.736. The molecule has 1 aliphatic heterocycles. The lowest BCUT2D eigenvalue weighted by atomic mass is 9.73. The Bertz CT molecular complexity index is 897. The van der Waals surface area contributed by atoms with Crippen LogP contribution in [0.4, 0.5) is 0 Å². The summed E-state index contributed by atoms with van der Waals surface area (Å²) in [5.41, 5.74) is 2.47. The normalized spacial score (nSPS) is 16.2. The first-order chi connectivity index (χ1) is 13.2. The topological polar surface area (TPSA) is 56.2 Å². The van der Waals surface area contributed by atoms with Crippen molar-refractivity contribution in [1.82, 2.24) is 15.1 Å². The van der Waals surface area contributed by atoms with E-state index in [0.29, 0.717) is 32.6 Å². The molecule has 1 aromatic carbocycles. The molecule has 1 fully saturated rings. The lowest BCUT2D eigenvalue weighted by molar-refractivity contribution is -0.130. The van der Waals surface area contributed by atoms with Gasteiger partial charge in [-0.05, 0) is 35.9 Å². The summed E-state index contributed by atoms with van der Waals surface area (Å²) in [5, 5.41) is 9.74. The van der Waals surface area contributed by atoms with E-state index in [4.69, 9.17) is 4.74 Å². The zero-order chi connectivity index (χ0) is 18.7. The molecule has 0 spiro atoms. The third-order valence-corrected chi connectivity index (χ3v) is 6.13. The van der Waals surface area contributed by atoms with E-state index in [-0.39, 0.29) is 5.91 Å². The minimum Gasteiger partial charge on any atom is -0.381 e. The molecule has 0 saturated carbocycles. The molecule has 1 amide bonds. The van der Waals surface area contributed by atoms with Gasteiger partial charge in [0.25, 0.3) is 0 Å². The fourth-order valence-electron chi connectivity index (χ4n) is 3.73. The number of hydrogen-bond donors (Lipinski definition) is 1. The zero-order valence-electron chi connectivity index (χ0n) is 15.4. The van der Waals surface area contributed by atoms with Gasteiger partial charge < -0.3 is 10.1 Å². The molecule has 3 aromatic rings. The second-order valence-corrected chi connectivity index (χ2v) is 7.81. The van der Waals surface area contributed by atoms with Crippen LogP contribution in [0.1, 0.15) is 24.1 Å². The minimum absolute atomic E-state index is 0.0559. The average molecular weight is 382 g/mol. The van der Waals surface area contributed by atoms with Crippen molar-refractivity contribution in [2.75, 3.05) is 13.2 Å². The van der Waals surface area contributed by atoms with Crippen LogP contribution in [0, 0.1) is 0 Å². The molecule has 140 valence electrons. The molecule has 27 heavy (non-hydrogen) atoms. The van der Waals surface area contributed by atoms with Crippen LogP contribution >= 0.6 is 11.3 Å². The van der Waals surface area contributed by atoms with E-state index in [2.05, 4.69) is 21.9 Å². The van der Waals surface area contributed by atoms with Crippen LogP contribution in [0.2, 0.25) is 0 Å². The van der Waals surface area contributed by atoms with E-state index in [1.807, 2.05) is 54.2 Å². The van der Waals surface area contributed by atoms with E-state index in [1.165, 1.54) is 4.88 Å². The Morgan fingerprint density at radius 2 is 2.00 bits per heavy atom. The van der Waals surface area contributed by atoms with Crippen LogP contribution in [-0.4, -0.2) is 28.9 Å². The van der Waals surface area contributed by atoms with Crippen molar-refractivity contribution in [3.05, 3.63) is 65.2 Å². The fraction of sp³-hybridized carbons (Fsp3) is 0.333. The Morgan fingerprint density at radius 3 is 2.70 bits per heavy atom. The number of benzene rings is 1. The molecule has 0 atom stereocenters. The predicted octanol–water partition coefficient (Wildman–Crippen LogP) is 3.51. The molecular weight excluding hydrogens is 358 g/mol. The fourth-order valence-corrected chi connectivity index (χ4v) is 4.50. The van der Waals surface area contributed by atoms with E-state index in [9.17, 15) is 4.79 Å². The Balaban J connectivity index is 1.52. The van der Waals surface area contributed by atoms with Crippen molar-refractivity contribution in [2.24, 2.45) is 7.05 Å². The van der Waals surface area contributed by atoms with Crippen molar-refractivity contribution in [3.8, 4) is 10.6 Å². The highest BCUT2D eigenvalue weighted by atomic mass is 32.1. The summed E-state index contributed by atoms with van der Waals surface area (Å²) in [5.74, 6) is 0.0559. The molecule has 4 rings (SSSR count). The van der Waals surface area contributed by atoms with Crippen LogP contribution in [0.15, 0.2) is 53.9 Å². The van der Waals surface area contributed by atoms with Crippen LogP contribution in [0.25, 0.3) is 10.6 Å². The SMILES string of the molecule is Cn1nc(CNC(=O)C2(c3ccccc3)CCOCC2)cc1-c1cccs1. The van der Waals surface area contributed by atoms with Gasteiger partial charge in [0.15, 0.2) is 0 Å². The number of amides is 1. The lowest BCUT2D eigenvalue weighted by Gasteiger charge is -2.36. The Kier molecular flexibility index (Phi) is 5.09. The van der Waals surface area contributed by atoms with Gasteiger partial charge in [-0.1, -0.05) is 36.4 Å². The minimum atomic E-state index is -0.523. The third kappa shape index (κ3) is 3.55. The number of hydrogen-bond acceptors (Lipinski definition) is 4. The number of aryl methyl sites for hydroxylation is 1. The van der Waals surface area contributed by atoms with Crippen LogP contribution in [0.3, 0.4) is 0 Å². The first-order valence-electron chi connectivity index (χ1n) is 9.17. The van der Waals surface area contributed by atoms with Crippen LogP contribution < -0.4 is 5.32 Å². The third-order valence-electron chi connectivity index (χ3n) is 5.24. The van der Waals surface area contributed by atoms with Gasteiger partial charge in [-0.15, -0.1) is 11.3 Å². The standard InChI is InChI=1S/C21H23N3O2S/c1-24-18(19-8-5-13-27-19)14-17(23-24)15-22-20(25)21(9-11-26-12-10-21)16-6-3-2-4-7-16/h2-8,13-14H,9-12,15H2,1H3,(H,22,25). The molecule has 0 aliphatic carbocycles. The molecule has 1 N–H and O–H groups in total. The molecule has 1 aliphatic rings. The largest absolute Gasteiger partial charge is 0.381 e. The first kappa shape index (κ1) is 17.9. The predicted molar refractivity (Wildman–Crippen MR) is 107 cm³/mol. The summed E-state index contributed by atoms with van der Waals surface area (Å²) in [4.78, 5) is 14.4. The summed E-state index contributed by atoms with van der Waals surface area (Å²) in [7, 11) is 1.93. The molecule has 0 bridgehead atoms. The van der Waals surface area contributed by atoms with Gasteiger partial charge >= 0.3 is 0 Å². The van der Waals surface area contributed by atoms with Crippen molar-refractivity contribution < 1.29 is 9.53 Å². The summed E-state index contributed by atoms with van der Waals surface area (Å²) in [6.07, 6.45) is 1.40. The summed E-state index contributed by atoms with van der Waals surface area (Å²) >= 11 is 1.69. The van der Waals surface area contributed by atoms with E-state index in [1.54, 1.807) is 11.3 Å². The molecule has 5 nitrogen and oxygen atoms in total. The average Bonchev–Trinajstić information content (AvgIpc) is 3.37. The van der Waals surface area contributed by atoms with Crippen molar-refractivity contribution in [2.45, 2.75) is 24.8 Å². The van der Waals surface area contributed by atoms with Gasteiger partial charge in [0, 0.05) is 20.3 Å². The number of nitrogens with one attached hydrogen (secondary N) is 1. The van der Waals surface area contributed by atoms with Crippen molar-refractivity contribution in [1.29, 1.82) is 0 Å². The summed E-state index contributed by atoms with van der Waals surface area (Å²) in [6.45, 7) is 1.64. The highest BCUT2D eigenvalue weighted by Gasteiger charge is 2.41. The van der Waals surface area contributed by atoms with Gasteiger partial charge in [-0.3, -0.25) is 9.48 Å². The Labute approximate surface area is 163 Å². The Morgan fingerprint density at radius 1 is 1.22 bits per heavy atom. The molecule has 2 aromatic heterocycles. The molecule has 6 heteroatoms. The van der Waals surface area contributed by atoms with Gasteiger partial charge in [0.1, 0.15) is 0 Å². The van der Waals surface area contributed by atoms with E-state index in [0.717, 1.165) is 17.0 Å².